The van der Waals surface area contributed by atoms with Crippen molar-refractivity contribution >= 4 is 28.8 Å². The first-order valence-electron chi connectivity index (χ1n) is 10.1. The lowest BCUT2D eigenvalue weighted by molar-refractivity contribution is -0.137. The van der Waals surface area contributed by atoms with Crippen molar-refractivity contribution in [3.8, 4) is 10.6 Å². The van der Waals surface area contributed by atoms with Crippen LogP contribution in [0.15, 0.2) is 53.9 Å². The molecule has 1 aliphatic rings. The van der Waals surface area contributed by atoms with Gasteiger partial charge in [0, 0.05) is 36.1 Å². The third-order valence-electron chi connectivity index (χ3n) is 5.16. The molecule has 1 aliphatic heterocycles. The molecule has 166 valence electrons. The van der Waals surface area contributed by atoms with Crippen LogP contribution in [0.5, 0.6) is 0 Å². The van der Waals surface area contributed by atoms with Gasteiger partial charge in [-0.3, -0.25) is 9.59 Å². The standard InChI is InChI=1S/C23H20F3N3O2S/c24-23(25,26)17-7-5-16(6-8-17)22-28-18(14-32-22)12-20(30)27-13-15-3-9-19(10-4-15)29-11-1-2-21(29)31/h3-10,14H,1-2,11-13H2,(H,27,30). The predicted molar refractivity (Wildman–Crippen MR) is 116 cm³/mol. The number of nitrogens with one attached hydrogen (secondary N) is 1. The Morgan fingerprint density at radius 1 is 1.09 bits per heavy atom. The number of hydrogen-bond donors (Lipinski definition) is 1. The molecule has 0 unspecified atom stereocenters. The number of aromatic nitrogens is 1. The van der Waals surface area contributed by atoms with Gasteiger partial charge in [0.25, 0.3) is 0 Å². The second-order valence-electron chi connectivity index (χ2n) is 7.49. The van der Waals surface area contributed by atoms with Crippen LogP contribution in [0.3, 0.4) is 0 Å². The fourth-order valence-corrected chi connectivity index (χ4v) is 4.29. The summed E-state index contributed by atoms with van der Waals surface area (Å²) in [6.45, 7) is 1.08. The zero-order valence-corrected chi connectivity index (χ0v) is 17.8. The summed E-state index contributed by atoms with van der Waals surface area (Å²) >= 11 is 1.28. The molecule has 1 aromatic heterocycles. The second kappa shape index (κ2) is 9.12. The van der Waals surface area contributed by atoms with E-state index in [1.54, 1.807) is 10.3 Å². The maximum atomic E-state index is 12.7. The highest BCUT2D eigenvalue weighted by atomic mass is 32.1. The summed E-state index contributed by atoms with van der Waals surface area (Å²) in [5.41, 5.74) is 2.20. The Kier molecular flexibility index (Phi) is 6.27. The number of carbonyl (C=O) groups excluding carboxylic acids is 2. The van der Waals surface area contributed by atoms with Crippen LogP contribution in [0.4, 0.5) is 18.9 Å². The Hall–Kier alpha value is -3.20. The number of thiazole rings is 1. The summed E-state index contributed by atoms with van der Waals surface area (Å²) < 4.78 is 38.1. The first-order valence-corrected chi connectivity index (χ1v) is 11.0. The van der Waals surface area contributed by atoms with E-state index < -0.39 is 11.7 Å². The van der Waals surface area contributed by atoms with Gasteiger partial charge >= 0.3 is 6.18 Å². The molecule has 0 atom stereocenters. The maximum Gasteiger partial charge on any atom is 0.416 e. The summed E-state index contributed by atoms with van der Waals surface area (Å²) in [7, 11) is 0. The van der Waals surface area contributed by atoms with Crippen LogP contribution in [-0.2, 0) is 28.7 Å². The number of alkyl halides is 3. The number of nitrogens with zero attached hydrogens (tertiary/aromatic N) is 2. The lowest BCUT2D eigenvalue weighted by Gasteiger charge is -2.16. The molecule has 0 aliphatic carbocycles. The lowest BCUT2D eigenvalue weighted by Crippen LogP contribution is -2.25. The second-order valence-corrected chi connectivity index (χ2v) is 8.35. The van der Waals surface area contributed by atoms with E-state index in [2.05, 4.69) is 10.3 Å². The normalized spacial score (nSPS) is 14.1. The van der Waals surface area contributed by atoms with Crippen molar-refractivity contribution in [1.82, 2.24) is 10.3 Å². The van der Waals surface area contributed by atoms with Crippen LogP contribution in [0.2, 0.25) is 0 Å². The molecule has 0 bridgehead atoms. The van der Waals surface area contributed by atoms with Gasteiger partial charge in [0.05, 0.1) is 17.7 Å². The van der Waals surface area contributed by atoms with Crippen LogP contribution in [0.1, 0.15) is 29.7 Å². The number of anilines is 1. The van der Waals surface area contributed by atoms with Gasteiger partial charge in [-0.15, -0.1) is 11.3 Å². The number of amides is 2. The van der Waals surface area contributed by atoms with Gasteiger partial charge in [-0.05, 0) is 36.2 Å². The smallest absolute Gasteiger partial charge is 0.352 e. The fraction of sp³-hybridized carbons (Fsp3) is 0.261. The largest absolute Gasteiger partial charge is 0.416 e. The number of halogens is 3. The first-order chi connectivity index (χ1) is 15.3. The molecule has 2 amide bonds. The zero-order chi connectivity index (χ0) is 22.7. The van der Waals surface area contributed by atoms with Crippen molar-refractivity contribution in [2.24, 2.45) is 0 Å². The molecular weight excluding hydrogens is 439 g/mol. The van der Waals surface area contributed by atoms with Gasteiger partial charge in [-0.2, -0.15) is 13.2 Å². The highest BCUT2D eigenvalue weighted by Crippen LogP contribution is 2.31. The Balaban J connectivity index is 1.30. The average Bonchev–Trinajstić information content (AvgIpc) is 3.41. The van der Waals surface area contributed by atoms with E-state index in [-0.39, 0.29) is 18.2 Å². The maximum absolute atomic E-state index is 12.7. The molecule has 0 radical (unpaired) electrons. The molecule has 1 saturated heterocycles. The average molecular weight is 459 g/mol. The Bertz CT molecular complexity index is 1110. The molecule has 9 heteroatoms. The van der Waals surface area contributed by atoms with Gasteiger partial charge in [0.1, 0.15) is 5.01 Å². The quantitative estimate of drug-likeness (QED) is 0.575. The van der Waals surface area contributed by atoms with Gasteiger partial charge in [-0.25, -0.2) is 4.98 Å². The minimum atomic E-state index is -4.38. The predicted octanol–water partition coefficient (Wildman–Crippen LogP) is 4.81. The van der Waals surface area contributed by atoms with Gasteiger partial charge in [-0.1, -0.05) is 24.3 Å². The Morgan fingerprint density at radius 2 is 1.81 bits per heavy atom. The fourth-order valence-electron chi connectivity index (χ4n) is 3.47. The molecule has 5 nitrogen and oxygen atoms in total. The lowest BCUT2D eigenvalue weighted by atomic mass is 10.1. The molecular formula is C23H20F3N3O2S. The zero-order valence-electron chi connectivity index (χ0n) is 17.0. The monoisotopic (exact) mass is 459 g/mol. The number of rotatable bonds is 6. The molecule has 0 saturated carbocycles. The topological polar surface area (TPSA) is 62.3 Å². The minimum absolute atomic E-state index is 0.0809. The van der Waals surface area contributed by atoms with Gasteiger partial charge in [0.2, 0.25) is 11.8 Å². The van der Waals surface area contributed by atoms with Crippen molar-refractivity contribution in [2.45, 2.75) is 32.0 Å². The Morgan fingerprint density at radius 3 is 2.44 bits per heavy atom. The van der Waals surface area contributed by atoms with E-state index in [0.29, 0.717) is 29.2 Å². The van der Waals surface area contributed by atoms with Crippen LogP contribution < -0.4 is 10.2 Å². The van der Waals surface area contributed by atoms with Crippen molar-refractivity contribution in [3.05, 3.63) is 70.7 Å². The molecule has 2 aromatic carbocycles. The highest BCUT2D eigenvalue weighted by Gasteiger charge is 2.30. The van der Waals surface area contributed by atoms with E-state index >= 15 is 0 Å². The van der Waals surface area contributed by atoms with E-state index in [1.807, 2.05) is 24.3 Å². The number of benzene rings is 2. The molecule has 4 rings (SSSR count). The molecule has 1 fully saturated rings. The molecule has 3 aromatic rings. The third kappa shape index (κ3) is 5.16. The van der Waals surface area contributed by atoms with Crippen molar-refractivity contribution in [1.29, 1.82) is 0 Å². The molecule has 1 N–H and O–H groups in total. The summed E-state index contributed by atoms with van der Waals surface area (Å²) in [6, 6.07) is 12.3. The molecule has 2 heterocycles. The third-order valence-corrected chi connectivity index (χ3v) is 6.10. The number of hydrogen-bond acceptors (Lipinski definition) is 4. The van der Waals surface area contributed by atoms with E-state index in [9.17, 15) is 22.8 Å². The minimum Gasteiger partial charge on any atom is -0.352 e. The molecule has 0 spiro atoms. The van der Waals surface area contributed by atoms with E-state index in [1.165, 1.54) is 23.5 Å². The van der Waals surface area contributed by atoms with Crippen LogP contribution in [0, 0.1) is 0 Å². The Labute approximate surface area is 186 Å². The van der Waals surface area contributed by atoms with Crippen LogP contribution in [0.25, 0.3) is 10.6 Å². The summed E-state index contributed by atoms with van der Waals surface area (Å²) in [4.78, 5) is 30.2. The van der Waals surface area contributed by atoms with Crippen molar-refractivity contribution < 1.29 is 22.8 Å². The van der Waals surface area contributed by atoms with Crippen LogP contribution in [-0.4, -0.2) is 23.3 Å². The number of carbonyl (C=O) groups is 2. The van der Waals surface area contributed by atoms with E-state index in [4.69, 9.17) is 0 Å². The highest BCUT2D eigenvalue weighted by molar-refractivity contribution is 7.13. The summed E-state index contributed by atoms with van der Waals surface area (Å²) in [5, 5.41) is 5.13. The summed E-state index contributed by atoms with van der Waals surface area (Å²) in [5.74, 6) is -0.0713. The van der Waals surface area contributed by atoms with E-state index in [0.717, 1.165) is 36.3 Å². The van der Waals surface area contributed by atoms with Gasteiger partial charge in [0.15, 0.2) is 0 Å². The van der Waals surface area contributed by atoms with Gasteiger partial charge < -0.3 is 10.2 Å². The van der Waals surface area contributed by atoms with Crippen LogP contribution >= 0.6 is 11.3 Å². The van der Waals surface area contributed by atoms with Crippen molar-refractivity contribution in [3.63, 3.8) is 0 Å². The first kappa shape index (κ1) is 22.0. The SMILES string of the molecule is O=C(Cc1csc(-c2ccc(C(F)(F)F)cc2)n1)NCc1ccc(N2CCCC2=O)cc1. The van der Waals surface area contributed by atoms with Crippen molar-refractivity contribution in [2.75, 3.05) is 11.4 Å². The molecule has 32 heavy (non-hydrogen) atoms. The summed E-state index contributed by atoms with van der Waals surface area (Å²) in [6.07, 6.45) is -2.85.